The van der Waals surface area contributed by atoms with Crippen LogP contribution in [0, 0.1) is 11.6 Å². The van der Waals surface area contributed by atoms with Gasteiger partial charge >= 0.3 is 12.1 Å². The summed E-state index contributed by atoms with van der Waals surface area (Å²) in [5, 5.41) is 10.6. The number of rotatable bonds is 3. The van der Waals surface area contributed by atoms with E-state index in [4.69, 9.17) is 14.6 Å². The van der Waals surface area contributed by atoms with Crippen LogP contribution in [-0.4, -0.2) is 43.9 Å². The highest BCUT2D eigenvalue weighted by molar-refractivity contribution is 5.74. The number of nitrogens with two attached hydrogens (primary N) is 1. The van der Waals surface area contributed by atoms with Crippen molar-refractivity contribution in [2.45, 2.75) is 24.7 Å². The number of methoxy groups -OCH3 is 1. The van der Waals surface area contributed by atoms with E-state index in [1.807, 2.05) is 0 Å². The van der Waals surface area contributed by atoms with Gasteiger partial charge in [-0.25, -0.2) is 13.6 Å². The second-order valence-corrected chi connectivity index (χ2v) is 4.94. The molecular formula is C14H14F5NO5. The summed E-state index contributed by atoms with van der Waals surface area (Å²) < 4.78 is 67.6. The highest BCUT2D eigenvalue weighted by Gasteiger charge is 2.36. The minimum Gasteiger partial charge on any atom is -0.542 e. The molecule has 0 radical (unpaired) electrons. The topological polar surface area (TPSA) is 92.3 Å². The average molecular weight is 371 g/mol. The Morgan fingerprint density at radius 1 is 1.28 bits per heavy atom. The number of alkyl halides is 3. The van der Waals surface area contributed by atoms with E-state index in [1.54, 1.807) is 5.32 Å². The Kier molecular flexibility index (Phi) is 7.09. The Hall–Kier alpha value is -2.43. The van der Waals surface area contributed by atoms with Crippen LogP contribution in [0.5, 0.6) is 5.75 Å². The molecule has 1 heterocycles. The average Bonchev–Trinajstić information content (AvgIpc) is 2.97. The Morgan fingerprint density at radius 2 is 1.88 bits per heavy atom. The van der Waals surface area contributed by atoms with Gasteiger partial charge in [-0.05, 0) is 12.1 Å². The van der Waals surface area contributed by atoms with Crippen molar-refractivity contribution >= 4 is 11.9 Å². The van der Waals surface area contributed by atoms with Gasteiger partial charge in [0.05, 0.1) is 13.5 Å². The lowest BCUT2D eigenvalue weighted by molar-refractivity contribution is -0.660. The van der Waals surface area contributed by atoms with E-state index in [0.29, 0.717) is 13.0 Å². The van der Waals surface area contributed by atoms with Crippen molar-refractivity contribution in [3.8, 4) is 5.75 Å². The zero-order valence-electron chi connectivity index (χ0n) is 12.8. The molecule has 1 fully saturated rings. The quantitative estimate of drug-likeness (QED) is 0.572. The fourth-order valence-electron chi connectivity index (χ4n) is 1.98. The maximum Gasteiger partial charge on any atom is 0.430 e. The van der Waals surface area contributed by atoms with Crippen LogP contribution in [0.3, 0.4) is 0 Å². The second kappa shape index (κ2) is 8.60. The van der Waals surface area contributed by atoms with E-state index in [0.717, 1.165) is 12.1 Å². The highest BCUT2D eigenvalue weighted by Crippen LogP contribution is 2.20. The molecule has 0 bridgehead atoms. The van der Waals surface area contributed by atoms with Crippen LogP contribution in [0.2, 0.25) is 0 Å². The number of halogens is 5. The molecule has 0 aromatic heterocycles. The highest BCUT2D eigenvalue weighted by atomic mass is 19.4. The van der Waals surface area contributed by atoms with Gasteiger partial charge in [0.2, 0.25) is 0 Å². The number of ether oxygens (including phenoxy) is 2. The molecule has 25 heavy (non-hydrogen) atoms. The van der Waals surface area contributed by atoms with E-state index in [9.17, 15) is 26.7 Å². The Morgan fingerprint density at radius 3 is 2.36 bits per heavy atom. The molecule has 140 valence electrons. The van der Waals surface area contributed by atoms with Gasteiger partial charge in [-0.2, -0.15) is 13.2 Å². The lowest BCUT2D eigenvalue weighted by atomic mass is 10.2. The van der Waals surface area contributed by atoms with Crippen molar-refractivity contribution < 1.29 is 51.4 Å². The van der Waals surface area contributed by atoms with Crippen LogP contribution in [-0.2, 0) is 14.3 Å². The first-order valence-corrected chi connectivity index (χ1v) is 6.85. The Labute approximate surface area is 138 Å². The lowest BCUT2D eigenvalue weighted by Gasteiger charge is -2.11. The van der Waals surface area contributed by atoms with Gasteiger partial charge in [0.25, 0.3) is 0 Å². The van der Waals surface area contributed by atoms with E-state index in [-0.39, 0.29) is 23.9 Å². The molecule has 0 unspecified atom stereocenters. The van der Waals surface area contributed by atoms with E-state index in [2.05, 4.69) is 4.74 Å². The Balaban J connectivity index is 0.000000381. The van der Waals surface area contributed by atoms with Crippen molar-refractivity contribution in [1.29, 1.82) is 0 Å². The largest absolute Gasteiger partial charge is 0.542 e. The fourth-order valence-corrected chi connectivity index (χ4v) is 1.98. The van der Waals surface area contributed by atoms with Crippen molar-refractivity contribution in [2.24, 2.45) is 0 Å². The SMILES string of the molecule is COC(=O)[C@H]1C[C@@H](Oc2ccc(F)cc2F)C[NH2+]1.O=C([O-])C(F)(F)F. The maximum atomic E-state index is 13.4. The number of quaternary nitrogens is 1. The summed E-state index contributed by atoms with van der Waals surface area (Å²) in [7, 11) is 1.32. The van der Waals surface area contributed by atoms with E-state index in [1.165, 1.54) is 13.2 Å². The standard InChI is InChI=1S/C12H13F2NO3.C2HF3O2/c1-17-12(16)10-5-8(6-15-10)18-11-3-2-7(13)4-9(11)14;3-2(4,5)1(6)7/h2-4,8,10,15H,5-6H2,1H3;(H,6,7)/t8-,10-;/m1./s1. The molecule has 11 heteroatoms. The molecular weight excluding hydrogens is 357 g/mol. The van der Waals surface area contributed by atoms with Crippen LogP contribution >= 0.6 is 0 Å². The third-order valence-corrected chi connectivity index (χ3v) is 3.12. The molecule has 0 saturated carbocycles. The van der Waals surface area contributed by atoms with E-state index >= 15 is 0 Å². The smallest absolute Gasteiger partial charge is 0.430 e. The normalized spacial score (nSPS) is 19.6. The zero-order chi connectivity index (χ0) is 19.2. The molecule has 6 nitrogen and oxygen atoms in total. The van der Waals surface area contributed by atoms with Crippen molar-refractivity contribution in [3.63, 3.8) is 0 Å². The molecule has 0 spiro atoms. The molecule has 2 N–H and O–H groups in total. The molecule has 2 atom stereocenters. The number of carboxylic acid groups (broad SMARTS) is 1. The van der Waals surface area contributed by atoms with Gasteiger partial charge in [0.1, 0.15) is 18.3 Å². The van der Waals surface area contributed by atoms with Gasteiger partial charge in [0, 0.05) is 6.07 Å². The van der Waals surface area contributed by atoms with Gasteiger partial charge in [-0.3, -0.25) is 0 Å². The third-order valence-electron chi connectivity index (χ3n) is 3.12. The Bertz CT molecular complexity index is 622. The van der Waals surface area contributed by atoms with Gasteiger partial charge in [-0.1, -0.05) is 0 Å². The van der Waals surface area contributed by atoms with Gasteiger partial charge in [-0.15, -0.1) is 0 Å². The van der Waals surface area contributed by atoms with Crippen LogP contribution in [0.25, 0.3) is 0 Å². The van der Waals surface area contributed by atoms with Crippen LogP contribution in [0.4, 0.5) is 22.0 Å². The third kappa shape index (κ3) is 6.53. The predicted molar refractivity (Wildman–Crippen MR) is 69.0 cm³/mol. The molecule has 1 aliphatic heterocycles. The summed E-state index contributed by atoms with van der Waals surface area (Å²) >= 11 is 0. The van der Waals surface area contributed by atoms with Gasteiger partial charge in [0.15, 0.2) is 23.7 Å². The molecule has 1 aliphatic rings. The number of esters is 1. The fraction of sp³-hybridized carbons (Fsp3) is 0.429. The molecule has 0 amide bonds. The number of carbonyl (C=O) groups is 2. The van der Waals surface area contributed by atoms with Crippen molar-refractivity contribution in [1.82, 2.24) is 0 Å². The summed E-state index contributed by atoms with van der Waals surface area (Å²) in [5.41, 5.74) is 0. The molecule has 1 saturated heterocycles. The summed E-state index contributed by atoms with van der Waals surface area (Å²) in [5.74, 6) is -4.71. The summed E-state index contributed by atoms with van der Waals surface area (Å²) in [6.45, 7) is 0.538. The number of aliphatic carboxylic acids is 1. The van der Waals surface area contributed by atoms with E-state index < -0.39 is 23.8 Å². The van der Waals surface area contributed by atoms with Crippen molar-refractivity contribution in [3.05, 3.63) is 29.8 Å². The maximum absolute atomic E-state index is 13.4. The summed E-state index contributed by atoms with van der Waals surface area (Å²) in [4.78, 5) is 20.1. The van der Waals surface area contributed by atoms with Crippen LogP contribution < -0.4 is 15.2 Å². The molecule has 1 aromatic carbocycles. The van der Waals surface area contributed by atoms with Crippen LogP contribution in [0.15, 0.2) is 18.2 Å². The minimum atomic E-state index is -5.19. The van der Waals surface area contributed by atoms with Crippen LogP contribution in [0.1, 0.15) is 6.42 Å². The number of carboxylic acids is 1. The first-order chi connectivity index (χ1) is 11.5. The molecule has 1 aromatic rings. The predicted octanol–water partition coefficient (Wildman–Crippen LogP) is -0.480. The second-order valence-electron chi connectivity index (χ2n) is 4.94. The summed E-state index contributed by atoms with van der Waals surface area (Å²) in [6.07, 6.45) is -5.03. The molecule has 2 rings (SSSR count). The zero-order valence-corrected chi connectivity index (χ0v) is 12.8. The summed E-state index contributed by atoms with van der Waals surface area (Å²) in [6, 6.07) is 2.83. The van der Waals surface area contributed by atoms with Gasteiger partial charge < -0.3 is 24.7 Å². The first kappa shape index (κ1) is 20.6. The van der Waals surface area contributed by atoms with Crippen molar-refractivity contribution in [2.75, 3.05) is 13.7 Å². The molecule has 0 aliphatic carbocycles. The number of hydrogen-bond donors (Lipinski definition) is 1. The monoisotopic (exact) mass is 371 g/mol. The first-order valence-electron chi connectivity index (χ1n) is 6.85. The number of hydrogen-bond acceptors (Lipinski definition) is 5. The minimum absolute atomic E-state index is 0.000292. The number of carbonyl (C=O) groups excluding carboxylic acids is 2. The lowest BCUT2D eigenvalue weighted by Crippen LogP contribution is -2.89. The number of benzene rings is 1.